The number of halogens is 1. The average molecular weight is 304 g/mol. The standard InChI is InChI=1S/C15H10ClNO4/c16-12-5-7-14(8-6-12)21-15(18)9-4-11-2-1-3-13(10-11)17(19)20/h1-10H/b9-4+. The van der Waals surface area contributed by atoms with Crippen LogP contribution in [0.5, 0.6) is 5.75 Å². The van der Waals surface area contributed by atoms with Crippen molar-refractivity contribution in [2.24, 2.45) is 0 Å². The number of non-ortho nitro benzene ring substituents is 1. The summed E-state index contributed by atoms with van der Waals surface area (Å²) in [6.07, 6.45) is 2.65. The Bertz CT molecular complexity index is 695. The lowest BCUT2D eigenvalue weighted by Gasteiger charge is -2.00. The van der Waals surface area contributed by atoms with Crippen LogP contribution in [0, 0.1) is 10.1 Å². The molecule has 0 bridgehead atoms. The summed E-state index contributed by atoms with van der Waals surface area (Å²) >= 11 is 5.72. The van der Waals surface area contributed by atoms with Crippen LogP contribution in [0.3, 0.4) is 0 Å². The van der Waals surface area contributed by atoms with Gasteiger partial charge in [-0.15, -0.1) is 0 Å². The Morgan fingerprint density at radius 3 is 2.57 bits per heavy atom. The number of benzene rings is 2. The average Bonchev–Trinajstić information content (AvgIpc) is 2.48. The van der Waals surface area contributed by atoms with Gasteiger partial charge in [0.25, 0.3) is 5.69 Å². The van der Waals surface area contributed by atoms with E-state index in [0.29, 0.717) is 16.3 Å². The highest BCUT2D eigenvalue weighted by atomic mass is 35.5. The maximum Gasteiger partial charge on any atom is 0.336 e. The quantitative estimate of drug-likeness (QED) is 0.283. The van der Waals surface area contributed by atoms with Crippen molar-refractivity contribution < 1.29 is 14.5 Å². The van der Waals surface area contributed by atoms with Crippen molar-refractivity contribution in [1.82, 2.24) is 0 Å². The molecule has 0 saturated carbocycles. The van der Waals surface area contributed by atoms with Crippen molar-refractivity contribution in [3.8, 4) is 5.75 Å². The molecule has 2 aromatic rings. The van der Waals surface area contributed by atoms with Gasteiger partial charge in [-0.1, -0.05) is 23.7 Å². The Morgan fingerprint density at radius 1 is 1.19 bits per heavy atom. The summed E-state index contributed by atoms with van der Waals surface area (Å²) < 4.78 is 5.05. The van der Waals surface area contributed by atoms with Gasteiger partial charge in [-0.05, 0) is 35.9 Å². The predicted octanol–water partition coefficient (Wildman–Crippen LogP) is 3.87. The number of esters is 1. The Labute approximate surface area is 125 Å². The van der Waals surface area contributed by atoms with Crippen molar-refractivity contribution >= 4 is 29.3 Å². The monoisotopic (exact) mass is 303 g/mol. The number of carbonyl (C=O) groups excluding carboxylic acids is 1. The predicted molar refractivity (Wildman–Crippen MR) is 79.2 cm³/mol. The van der Waals surface area contributed by atoms with Crippen LogP contribution in [0.25, 0.3) is 6.08 Å². The van der Waals surface area contributed by atoms with Gasteiger partial charge in [0.15, 0.2) is 0 Å². The van der Waals surface area contributed by atoms with E-state index in [2.05, 4.69) is 0 Å². The number of ether oxygens (including phenoxy) is 1. The number of hydrogen-bond donors (Lipinski definition) is 0. The first-order chi connectivity index (χ1) is 10.0. The molecular weight excluding hydrogens is 294 g/mol. The summed E-state index contributed by atoms with van der Waals surface area (Å²) in [6, 6.07) is 12.3. The number of nitro groups is 1. The van der Waals surface area contributed by atoms with E-state index in [1.165, 1.54) is 24.3 Å². The summed E-state index contributed by atoms with van der Waals surface area (Å²) in [6.45, 7) is 0. The molecule has 0 unspecified atom stereocenters. The van der Waals surface area contributed by atoms with Crippen molar-refractivity contribution in [1.29, 1.82) is 0 Å². The number of hydrogen-bond acceptors (Lipinski definition) is 4. The van der Waals surface area contributed by atoms with Gasteiger partial charge in [-0.25, -0.2) is 4.79 Å². The van der Waals surface area contributed by atoms with E-state index < -0.39 is 10.9 Å². The fraction of sp³-hybridized carbons (Fsp3) is 0. The van der Waals surface area contributed by atoms with E-state index in [4.69, 9.17) is 16.3 Å². The summed E-state index contributed by atoms with van der Waals surface area (Å²) in [5, 5.41) is 11.2. The minimum Gasteiger partial charge on any atom is -0.423 e. The molecule has 0 spiro atoms. The minimum absolute atomic E-state index is 0.0387. The molecule has 2 aromatic carbocycles. The second-order valence-electron chi connectivity index (χ2n) is 4.06. The molecule has 0 aliphatic rings. The van der Waals surface area contributed by atoms with Gasteiger partial charge < -0.3 is 4.74 Å². The molecule has 0 aromatic heterocycles. The molecule has 0 heterocycles. The van der Waals surface area contributed by atoms with E-state index in [-0.39, 0.29) is 5.69 Å². The third kappa shape index (κ3) is 4.43. The molecule has 0 fully saturated rings. The normalized spacial score (nSPS) is 10.5. The van der Waals surface area contributed by atoms with Gasteiger partial charge in [0.05, 0.1) is 4.92 Å². The fourth-order valence-corrected chi connectivity index (χ4v) is 1.69. The highest BCUT2D eigenvalue weighted by Crippen LogP contribution is 2.17. The third-order valence-electron chi connectivity index (χ3n) is 2.52. The topological polar surface area (TPSA) is 69.4 Å². The van der Waals surface area contributed by atoms with Crippen molar-refractivity contribution in [2.75, 3.05) is 0 Å². The molecule has 0 radical (unpaired) electrons. The molecule has 2 rings (SSSR count). The van der Waals surface area contributed by atoms with Crippen LogP contribution in [-0.2, 0) is 4.79 Å². The molecule has 0 atom stereocenters. The van der Waals surface area contributed by atoms with Crippen molar-refractivity contribution in [2.45, 2.75) is 0 Å². The summed E-state index contributed by atoms with van der Waals surface area (Å²) in [5.41, 5.74) is 0.500. The van der Waals surface area contributed by atoms with Gasteiger partial charge in [-0.3, -0.25) is 10.1 Å². The Morgan fingerprint density at radius 2 is 1.90 bits per heavy atom. The first kappa shape index (κ1) is 14.7. The molecule has 0 aliphatic heterocycles. The lowest BCUT2D eigenvalue weighted by atomic mass is 10.2. The maximum absolute atomic E-state index is 11.6. The highest BCUT2D eigenvalue weighted by Gasteiger charge is 2.05. The van der Waals surface area contributed by atoms with Crippen LogP contribution in [0.1, 0.15) is 5.56 Å². The summed E-state index contributed by atoms with van der Waals surface area (Å²) in [5.74, 6) is -0.211. The van der Waals surface area contributed by atoms with Gasteiger partial charge in [0, 0.05) is 23.2 Å². The van der Waals surface area contributed by atoms with E-state index in [0.717, 1.165) is 0 Å². The van der Waals surface area contributed by atoms with E-state index in [1.54, 1.807) is 36.4 Å². The molecule has 5 nitrogen and oxygen atoms in total. The Hall–Kier alpha value is -2.66. The van der Waals surface area contributed by atoms with Gasteiger partial charge in [0.2, 0.25) is 0 Å². The second-order valence-corrected chi connectivity index (χ2v) is 4.50. The van der Waals surface area contributed by atoms with Crippen molar-refractivity contribution in [3.05, 3.63) is 75.3 Å². The molecule has 0 aliphatic carbocycles. The fourth-order valence-electron chi connectivity index (χ4n) is 1.56. The van der Waals surface area contributed by atoms with Crippen LogP contribution in [0.2, 0.25) is 5.02 Å². The van der Waals surface area contributed by atoms with E-state index in [1.807, 2.05) is 0 Å². The second kappa shape index (κ2) is 6.67. The molecule has 106 valence electrons. The molecule has 6 heteroatoms. The molecule has 0 N–H and O–H groups in total. The van der Waals surface area contributed by atoms with Crippen LogP contribution < -0.4 is 4.74 Å². The highest BCUT2D eigenvalue weighted by molar-refractivity contribution is 6.30. The first-order valence-corrected chi connectivity index (χ1v) is 6.32. The summed E-state index contributed by atoms with van der Waals surface area (Å²) in [7, 11) is 0. The summed E-state index contributed by atoms with van der Waals surface area (Å²) in [4.78, 5) is 21.8. The Balaban J connectivity index is 2.03. The zero-order valence-electron chi connectivity index (χ0n) is 10.7. The van der Waals surface area contributed by atoms with Gasteiger partial charge in [0.1, 0.15) is 5.75 Å². The molecule has 21 heavy (non-hydrogen) atoms. The van der Waals surface area contributed by atoms with Crippen LogP contribution >= 0.6 is 11.6 Å². The molecular formula is C15H10ClNO4. The minimum atomic E-state index is -0.580. The van der Waals surface area contributed by atoms with Crippen LogP contribution in [-0.4, -0.2) is 10.9 Å². The zero-order chi connectivity index (χ0) is 15.2. The van der Waals surface area contributed by atoms with Crippen LogP contribution in [0.15, 0.2) is 54.6 Å². The Kier molecular flexibility index (Phi) is 4.68. The number of carbonyl (C=O) groups is 1. The van der Waals surface area contributed by atoms with Gasteiger partial charge in [-0.2, -0.15) is 0 Å². The van der Waals surface area contributed by atoms with Gasteiger partial charge >= 0.3 is 5.97 Å². The van der Waals surface area contributed by atoms with Crippen molar-refractivity contribution in [3.63, 3.8) is 0 Å². The van der Waals surface area contributed by atoms with Crippen LogP contribution in [0.4, 0.5) is 5.69 Å². The number of rotatable bonds is 4. The van der Waals surface area contributed by atoms with E-state index >= 15 is 0 Å². The molecule has 0 saturated heterocycles. The zero-order valence-corrected chi connectivity index (χ0v) is 11.5. The van der Waals surface area contributed by atoms with E-state index in [9.17, 15) is 14.9 Å². The lowest BCUT2D eigenvalue weighted by molar-refractivity contribution is -0.384. The SMILES string of the molecule is O=C(/C=C/c1cccc([N+](=O)[O-])c1)Oc1ccc(Cl)cc1. The number of nitro benzene ring substituents is 1. The third-order valence-corrected chi connectivity index (χ3v) is 2.78. The molecule has 0 amide bonds. The number of nitrogens with zero attached hydrogens (tertiary/aromatic N) is 1. The first-order valence-electron chi connectivity index (χ1n) is 5.94. The largest absolute Gasteiger partial charge is 0.423 e. The maximum atomic E-state index is 11.6. The smallest absolute Gasteiger partial charge is 0.336 e. The lowest BCUT2D eigenvalue weighted by Crippen LogP contribution is -2.03.